The van der Waals surface area contributed by atoms with Gasteiger partial charge in [0.1, 0.15) is 0 Å². The van der Waals surface area contributed by atoms with Crippen molar-refractivity contribution in [1.29, 1.82) is 5.26 Å². The van der Waals surface area contributed by atoms with Crippen LogP contribution in [0, 0.1) is 11.3 Å². The molecule has 0 saturated heterocycles. The SMILES string of the molecule is CN(CCCNC(=O)Cc1ccc(C#N)cc1)Cc1ccccc1. The maximum absolute atomic E-state index is 11.9. The zero-order valence-corrected chi connectivity index (χ0v) is 14.0. The zero-order valence-electron chi connectivity index (χ0n) is 14.0. The minimum atomic E-state index is 0.0189. The minimum absolute atomic E-state index is 0.0189. The number of hydrogen-bond acceptors (Lipinski definition) is 3. The first-order valence-electron chi connectivity index (χ1n) is 8.15. The maximum Gasteiger partial charge on any atom is 0.224 e. The van der Waals surface area contributed by atoms with E-state index in [2.05, 4.69) is 35.5 Å². The number of nitriles is 1. The van der Waals surface area contributed by atoms with Gasteiger partial charge in [-0.3, -0.25) is 4.79 Å². The molecule has 0 aliphatic rings. The van der Waals surface area contributed by atoms with Crippen LogP contribution < -0.4 is 5.32 Å². The molecule has 1 amide bonds. The molecule has 0 spiro atoms. The first-order chi connectivity index (χ1) is 11.7. The number of hydrogen-bond donors (Lipinski definition) is 1. The van der Waals surface area contributed by atoms with E-state index in [1.807, 2.05) is 30.3 Å². The summed E-state index contributed by atoms with van der Waals surface area (Å²) in [5.74, 6) is 0.0189. The summed E-state index contributed by atoms with van der Waals surface area (Å²) in [6.07, 6.45) is 1.27. The Morgan fingerprint density at radius 2 is 1.79 bits per heavy atom. The number of carbonyl (C=O) groups excluding carboxylic acids is 1. The molecule has 4 heteroatoms. The molecule has 0 aromatic heterocycles. The molecular formula is C20H23N3O. The van der Waals surface area contributed by atoms with Crippen LogP contribution in [0.2, 0.25) is 0 Å². The molecule has 24 heavy (non-hydrogen) atoms. The Kier molecular flexibility index (Phi) is 7.00. The van der Waals surface area contributed by atoms with Crippen LogP contribution in [-0.2, 0) is 17.8 Å². The second-order valence-electron chi connectivity index (χ2n) is 5.91. The van der Waals surface area contributed by atoms with Gasteiger partial charge in [-0.15, -0.1) is 0 Å². The minimum Gasteiger partial charge on any atom is -0.356 e. The van der Waals surface area contributed by atoms with Gasteiger partial charge in [0.25, 0.3) is 0 Å². The Hall–Kier alpha value is -2.64. The lowest BCUT2D eigenvalue weighted by molar-refractivity contribution is -0.120. The van der Waals surface area contributed by atoms with E-state index < -0.39 is 0 Å². The van der Waals surface area contributed by atoms with Crippen LogP contribution >= 0.6 is 0 Å². The van der Waals surface area contributed by atoms with E-state index in [1.165, 1.54) is 5.56 Å². The number of nitrogens with one attached hydrogen (secondary N) is 1. The van der Waals surface area contributed by atoms with Crippen LogP contribution in [0.15, 0.2) is 54.6 Å². The summed E-state index contributed by atoms with van der Waals surface area (Å²) < 4.78 is 0. The molecule has 2 aromatic carbocycles. The summed E-state index contributed by atoms with van der Waals surface area (Å²) in [4.78, 5) is 14.2. The van der Waals surface area contributed by atoms with E-state index in [9.17, 15) is 4.79 Å². The van der Waals surface area contributed by atoms with Gasteiger partial charge in [0.05, 0.1) is 18.1 Å². The molecule has 0 aliphatic carbocycles. The fourth-order valence-electron chi connectivity index (χ4n) is 2.50. The van der Waals surface area contributed by atoms with Crippen molar-refractivity contribution in [2.24, 2.45) is 0 Å². The maximum atomic E-state index is 11.9. The van der Waals surface area contributed by atoms with Crippen molar-refractivity contribution in [1.82, 2.24) is 10.2 Å². The predicted octanol–water partition coefficient (Wildman–Crippen LogP) is 2.74. The number of rotatable bonds is 8. The lowest BCUT2D eigenvalue weighted by Crippen LogP contribution is -2.29. The zero-order chi connectivity index (χ0) is 17.2. The standard InChI is InChI=1S/C20H23N3O/c1-23(16-19-6-3-2-4-7-19)13-5-12-22-20(24)14-17-8-10-18(15-21)11-9-17/h2-4,6-11H,5,12-14,16H2,1H3,(H,22,24). The molecule has 1 N–H and O–H groups in total. The summed E-state index contributed by atoms with van der Waals surface area (Å²) in [7, 11) is 2.09. The highest BCUT2D eigenvalue weighted by atomic mass is 16.1. The Morgan fingerprint density at radius 3 is 2.46 bits per heavy atom. The van der Waals surface area contributed by atoms with Gasteiger partial charge in [-0.05, 0) is 43.3 Å². The van der Waals surface area contributed by atoms with Gasteiger partial charge in [0, 0.05) is 13.1 Å². The normalized spacial score (nSPS) is 10.4. The first-order valence-corrected chi connectivity index (χ1v) is 8.15. The van der Waals surface area contributed by atoms with E-state index in [4.69, 9.17) is 5.26 Å². The fraction of sp³-hybridized carbons (Fsp3) is 0.300. The first kappa shape index (κ1) is 17.7. The Bertz CT molecular complexity index is 674. The van der Waals surface area contributed by atoms with Crippen molar-refractivity contribution in [3.05, 3.63) is 71.3 Å². The summed E-state index contributed by atoms with van der Waals surface area (Å²) in [5, 5.41) is 11.7. The summed E-state index contributed by atoms with van der Waals surface area (Å²) in [6, 6.07) is 19.6. The quantitative estimate of drug-likeness (QED) is 0.761. The van der Waals surface area contributed by atoms with Crippen LogP contribution in [0.4, 0.5) is 0 Å². The second-order valence-corrected chi connectivity index (χ2v) is 5.91. The van der Waals surface area contributed by atoms with E-state index in [0.29, 0.717) is 18.5 Å². The van der Waals surface area contributed by atoms with Crippen molar-refractivity contribution in [2.75, 3.05) is 20.1 Å². The Labute approximate surface area is 143 Å². The van der Waals surface area contributed by atoms with E-state index >= 15 is 0 Å². The Morgan fingerprint density at radius 1 is 1.08 bits per heavy atom. The third-order valence-corrected chi connectivity index (χ3v) is 3.78. The average molecular weight is 321 g/mol. The van der Waals surface area contributed by atoms with Gasteiger partial charge >= 0.3 is 0 Å². The highest BCUT2D eigenvalue weighted by Crippen LogP contribution is 2.04. The molecule has 2 aromatic rings. The largest absolute Gasteiger partial charge is 0.356 e. The summed E-state index contributed by atoms with van der Waals surface area (Å²) in [5.41, 5.74) is 2.83. The predicted molar refractivity (Wildman–Crippen MR) is 95.3 cm³/mol. The molecule has 0 aliphatic heterocycles. The monoisotopic (exact) mass is 321 g/mol. The molecule has 0 heterocycles. The van der Waals surface area contributed by atoms with Crippen LogP contribution in [0.5, 0.6) is 0 Å². The van der Waals surface area contributed by atoms with E-state index in [0.717, 1.165) is 25.1 Å². The third-order valence-electron chi connectivity index (χ3n) is 3.78. The molecule has 0 bridgehead atoms. The third kappa shape index (κ3) is 6.23. The summed E-state index contributed by atoms with van der Waals surface area (Å²) in [6.45, 7) is 2.53. The smallest absolute Gasteiger partial charge is 0.224 e. The van der Waals surface area contributed by atoms with Crippen LogP contribution in [0.25, 0.3) is 0 Å². The fourth-order valence-corrected chi connectivity index (χ4v) is 2.50. The van der Waals surface area contributed by atoms with Crippen LogP contribution in [0.3, 0.4) is 0 Å². The molecule has 0 atom stereocenters. The molecular weight excluding hydrogens is 298 g/mol. The van der Waals surface area contributed by atoms with Crippen molar-refractivity contribution >= 4 is 5.91 Å². The number of benzene rings is 2. The number of nitrogens with zero attached hydrogens (tertiary/aromatic N) is 2. The summed E-state index contributed by atoms with van der Waals surface area (Å²) >= 11 is 0. The molecule has 0 saturated carbocycles. The van der Waals surface area contributed by atoms with Gasteiger partial charge in [0.2, 0.25) is 5.91 Å². The average Bonchev–Trinajstić information content (AvgIpc) is 2.60. The van der Waals surface area contributed by atoms with Crippen molar-refractivity contribution in [3.63, 3.8) is 0 Å². The van der Waals surface area contributed by atoms with Crippen molar-refractivity contribution in [2.45, 2.75) is 19.4 Å². The molecule has 4 nitrogen and oxygen atoms in total. The van der Waals surface area contributed by atoms with E-state index in [-0.39, 0.29) is 5.91 Å². The van der Waals surface area contributed by atoms with Crippen LogP contribution in [-0.4, -0.2) is 30.9 Å². The lowest BCUT2D eigenvalue weighted by atomic mass is 10.1. The highest BCUT2D eigenvalue weighted by Gasteiger charge is 2.04. The molecule has 124 valence electrons. The van der Waals surface area contributed by atoms with Crippen molar-refractivity contribution in [3.8, 4) is 6.07 Å². The number of amides is 1. The van der Waals surface area contributed by atoms with E-state index in [1.54, 1.807) is 12.1 Å². The lowest BCUT2D eigenvalue weighted by Gasteiger charge is -2.16. The number of carbonyl (C=O) groups is 1. The molecule has 0 fully saturated rings. The van der Waals surface area contributed by atoms with Gasteiger partial charge in [0.15, 0.2) is 0 Å². The highest BCUT2D eigenvalue weighted by molar-refractivity contribution is 5.78. The van der Waals surface area contributed by atoms with Gasteiger partial charge in [-0.1, -0.05) is 42.5 Å². The van der Waals surface area contributed by atoms with Gasteiger partial charge in [-0.25, -0.2) is 0 Å². The molecule has 0 radical (unpaired) electrons. The van der Waals surface area contributed by atoms with Gasteiger partial charge in [-0.2, -0.15) is 5.26 Å². The topological polar surface area (TPSA) is 56.1 Å². The molecule has 2 rings (SSSR count). The Balaban J connectivity index is 1.62. The second kappa shape index (κ2) is 9.49. The molecule has 0 unspecified atom stereocenters. The van der Waals surface area contributed by atoms with Crippen LogP contribution in [0.1, 0.15) is 23.1 Å². The van der Waals surface area contributed by atoms with Gasteiger partial charge < -0.3 is 10.2 Å². The van der Waals surface area contributed by atoms with Crippen molar-refractivity contribution < 1.29 is 4.79 Å².